The smallest absolute Gasteiger partial charge is 0 e. The van der Waals surface area contributed by atoms with E-state index in [1.54, 1.807) is 0 Å². The van der Waals surface area contributed by atoms with E-state index >= 15 is 0 Å². The predicted molar refractivity (Wildman–Crippen MR) is 11.6 cm³/mol. The fourth-order valence-electron chi connectivity index (χ4n) is 0. The average Bonchev–Trinajstić information content (AvgIpc) is 1.12. The van der Waals surface area contributed by atoms with Crippen LogP contribution in [0.2, 0.25) is 0 Å². The molecule has 0 saturated carbocycles. The van der Waals surface area contributed by atoms with E-state index in [1.165, 1.54) is 0 Å². The van der Waals surface area contributed by atoms with Gasteiger partial charge in [0.1, 0.15) is 0 Å². The quantitative estimate of drug-likeness (QED) is 0.238. The van der Waals surface area contributed by atoms with Crippen molar-refractivity contribution in [3.63, 3.8) is 0 Å². The standard InChI is InChI=1S/4H2O.4O.2W.Zr/h4*1H2;;;;;;;/q;;;;;;;;2*+2;/p-4. The zero-order valence-corrected chi connectivity index (χ0v) is 13.1. The molecule has 0 amide bonds. The second kappa shape index (κ2) is 6.78. The van der Waals surface area contributed by atoms with E-state index in [1.807, 2.05) is 0 Å². The van der Waals surface area contributed by atoms with E-state index < -0.39 is 33.5 Å². The first kappa shape index (κ1) is 18.2. The molecule has 0 atom stereocenters. The molecule has 0 radical (unpaired) electrons. The summed E-state index contributed by atoms with van der Waals surface area (Å²) in [5, 5.41) is 0. The Labute approximate surface area is 87.4 Å². The number of rotatable bonds is 0. The van der Waals surface area contributed by atoms with Gasteiger partial charge in [0, 0.05) is 26.2 Å². The Balaban J connectivity index is -0.000000107. The molecule has 0 bridgehead atoms. The Morgan fingerprint density at radius 2 is 0.636 bits per heavy atom. The summed E-state index contributed by atoms with van der Waals surface area (Å²) in [6.07, 6.45) is 0. The first-order valence-corrected chi connectivity index (χ1v) is 11.4. The van der Waals surface area contributed by atoms with Gasteiger partial charge in [-0.25, -0.2) is 0 Å². The molecule has 0 aliphatic rings. The topological polar surface area (TPSA) is 149 Å². The van der Waals surface area contributed by atoms with E-state index in [-0.39, 0.29) is 26.2 Å². The molecule has 0 saturated heterocycles. The van der Waals surface area contributed by atoms with Crippen LogP contribution < -0.4 is 0 Å². The van der Waals surface area contributed by atoms with Gasteiger partial charge in [0.25, 0.3) is 0 Å². The summed E-state index contributed by atoms with van der Waals surface area (Å²) in [6.45, 7) is 0. The van der Waals surface area contributed by atoms with Crippen LogP contribution in [0.4, 0.5) is 0 Å². The van der Waals surface area contributed by atoms with Crippen LogP contribution in [0.3, 0.4) is 0 Å². The summed E-state index contributed by atoms with van der Waals surface area (Å²) in [7, 11) is 0. The molecule has 0 aromatic rings. The number of hydrogen-bond donors (Lipinski definition) is 4. The third kappa shape index (κ3) is 578. The summed E-state index contributed by atoms with van der Waals surface area (Å²) in [5.74, 6) is 0. The molecule has 0 fully saturated rings. The average molecular weight is 591 g/mol. The Bertz CT molecular complexity index is 208. The van der Waals surface area contributed by atoms with Crippen LogP contribution in [0.25, 0.3) is 0 Å². The van der Waals surface area contributed by atoms with Gasteiger partial charge in [-0.15, -0.1) is 0 Å². The van der Waals surface area contributed by atoms with Crippen molar-refractivity contribution in [2.24, 2.45) is 0 Å². The number of hydrogen-bond acceptors (Lipinski definition) is 4. The van der Waals surface area contributed by atoms with E-state index in [0.29, 0.717) is 0 Å². The van der Waals surface area contributed by atoms with Crippen LogP contribution in [0.5, 0.6) is 0 Å². The zero-order chi connectivity index (χ0) is 9.00. The van der Waals surface area contributed by atoms with Gasteiger partial charge in [-0.1, -0.05) is 0 Å². The largest absolute Gasteiger partial charge is 0 e. The van der Waals surface area contributed by atoms with Crippen molar-refractivity contribution in [3.05, 3.63) is 0 Å². The van der Waals surface area contributed by atoms with Crippen LogP contribution >= 0.6 is 0 Å². The van der Waals surface area contributed by atoms with Crippen molar-refractivity contribution >= 4 is 0 Å². The minimum atomic E-state index is -5.67. The minimum absolute atomic E-state index is 0. The van der Waals surface area contributed by atoms with Gasteiger partial charge in [-0.2, -0.15) is 0 Å². The maximum Gasteiger partial charge on any atom is 0 e. The van der Waals surface area contributed by atoms with Gasteiger partial charge in [-0.3, -0.25) is 0 Å². The molecule has 11 heavy (non-hydrogen) atoms. The van der Waals surface area contributed by atoms with E-state index in [4.69, 9.17) is 28.6 Å². The maximum absolute atomic E-state index is 8.87. The molecule has 8 nitrogen and oxygen atoms in total. The molecule has 0 aliphatic carbocycles. The monoisotopic (exact) mass is 590 g/mol. The summed E-state index contributed by atoms with van der Waals surface area (Å²) in [6, 6.07) is 0. The van der Waals surface area contributed by atoms with Gasteiger partial charge in [0.15, 0.2) is 0 Å². The van der Waals surface area contributed by atoms with Gasteiger partial charge in [-0.05, 0) is 0 Å². The fourth-order valence-corrected chi connectivity index (χ4v) is 0. The van der Waals surface area contributed by atoms with Crippen LogP contribution in [0, 0.1) is 0 Å². The molecule has 11 heteroatoms. The summed E-state index contributed by atoms with van der Waals surface area (Å²) < 4.78 is 64.2. The Hall–Kier alpha value is 1.30. The van der Waals surface area contributed by atoms with Crippen LogP contribution in [0.1, 0.15) is 0 Å². The third-order valence-corrected chi connectivity index (χ3v) is 0. The molecule has 4 N–H and O–H groups in total. The molecule has 0 aliphatic heterocycles. The van der Waals surface area contributed by atoms with Crippen LogP contribution in [-0.2, 0) is 73.3 Å². The molecular formula is H4O8W2Zr. The molecule has 0 heterocycles. The third-order valence-electron chi connectivity index (χ3n) is 0. The Morgan fingerprint density at radius 1 is 0.636 bits per heavy atom. The predicted octanol–water partition coefficient (Wildman–Crippen LogP) is -2.71. The SMILES string of the molecule is [O]=[W](=[O])([OH])[OH].[O]=[W](=[O])([OH])[OH].[Zr]. The fraction of sp³-hybridized carbons (Fsp3) is 0. The van der Waals surface area contributed by atoms with Gasteiger partial charge >= 0.3 is 62.1 Å². The summed E-state index contributed by atoms with van der Waals surface area (Å²) in [5.41, 5.74) is 0. The van der Waals surface area contributed by atoms with Crippen molar-refractivity contribution < 1.29 is 88.3 Å². The van der Waals surface area contributed by atoms with Gasteiger partial charge in [0.2, 0.25) is 0 Å². The van der Waals surface area contributed by atoms with E-state index in [0.717, 1.165) is 0 Å². The van der Waals surface area contributed by atoms with Crippen molar-refractivity contribution in [2.75, 3.05) is 0 Å². The van der Waals surface area contributed by atoms with Crippen molar-refractivity contribution in [2.45, 2.75) is 0 Å². The second-order valence-corrected chi connectivity index (χ2v) is 7.33. The first-order valence-electron chi connectivity index (χ1n) is 1.40. The normalized spacial score (nSPS) is 10.5. The molecular weight excluding hydrogens is 587 g/mol. The van der Waals surface area contributed by atoms with Crippen molar-refractivity contribution in [3.8, 4) is 0 Å². The van der Waals surface area contributed by atoms with Gasteiger partial charge in [0.05, 0.1) is 0 Å². The van der Waals surface area contributed by atoms with E-state index in [2.05, 4.69) is 0 Å². The van der Waals surface area contributed by atoms with Crippen molar-refractivity contribution in [1.29, 1.82) is 0 Å². The van der Waals surface area contributed by atoms with Gasteiger partial charge < -0.3 is 0 Å². The summed E-state index contributed by atoms with van der Waals surface area (Å²) in [4.78, 5) is 0. The van der Waals surface area contributed by atoms with E-state index in [9.17, 15) is 0 Å². The first-order chi connectivity index (χ1) is 4.00. The maximum atomic E-state index is 8.87. The van der Waals surface area contributed by atoms with Crippen LogP contribution in [0.15, 0.2) is 0 Å². The summed E-state index contributed by atoms with van der Waals surface area (Å²) >= 11 is -11.3. The second-order valence-electron chi connectivity index (χ2n) is 0.896. The molecule has 0 aromatic heterocycles. The molecule has 0 unspecified atom stereocenters. The molecule has 0 spiro atoms. The minimum Gasteiger partial charge on any atom is 0 e. The van der Waals surface area contributed by atoms with Crippen LogP contribution in [-0.4, -0.2) is 15.0 Å². The zero-order valence-electron chi connectivity index (χ0n) is 4.74. The molecule has 0 aromatic carbocycles. The Morgan fingerprint density at radius 3 is 0.636 bits per heavy atom. The molecule has 0 rings (SSSR count). The molecule has 68 valence electrons. The Kier molecular flexibility index (Phi) is 11.2. The van der Waals surface area contributed by atoms with Crippen molar-refractivity contribution in [1.82, 2.24) is 0 Å².